The van der Waals surface area contributed by atoms with E-state index in [0.29, 0.717) is 5.69 Å². The summed E-state index contributed by atoms with van der Waals surface area (Å²) in [5, 5.41) is 12.7. The van der Waals surface area contributed by atoms with Gasteiger partial charge in [-0.05, 0) is 37.0 Å². The summed E-state index contributed by atoms with van der Waals surface area (Å²) in [5.74, 6) is -0.906. The standard InChI is InChI=1S/C16H16BrNO4/c1-6-2-3-10(19)9(4-6)18-15(20)11-7-5-8-12(11)16(21)22-14(8)13(7)17/h2-4,7-8,11-14,19H,5H2,1H3,(H,18,20)/t7-,8-,11-,12-,13+,14+/m1/s1. The largest absolute Gasteiger partial charge is 0.506 e. The van der Waals surface area contributed by atoms with Crippen molar-refractivity contribution in [2.45, 2.75) is 24.3 Å². The van der Waals surface area contributed by atoms with Gasteiger partial charge in [0.15, 0.2) is 0 Å². The van der Waals surface area contributed by atoms with Crippen LogP contribution in [0.3, 0.4) is 0 Å². The number of benzene rings is 1. The quantitative estimate of drug-likeness (QED) is 0.478. The average Bonchev–Trinajstić information content (AvgIpc) is 3.07. The van der Waals surface area contributed by atoms with Gasteiger partial charge in [-0.15, -0.1) is 0 Å². The van der Waals surface area contributed by atoms with Crippen molar-refractivity contribution in [1.82, 2.24) is 0 Å². The molecule has 0 radical (unpaired) electrons. The second-order valence-electron chi connectivity index (χ2n) is 6.47. The van der Waals surface area contributed by atoms with Crippen molar-refractivity contribution in [3.05, 3.63) is 23.8 Å². The summed E-state index contributed by atoms with van der Waals surface area (Å²) in [5.41, 5.74) is 1.33. The van der Waals surface area contributed by atoms with E-state index in [2.05, 4.69) is 21.2 Å². The molecule has 6 atom stereocenters. The third-order valence-electron chi connectivity index (χ3n) is 5.24. The molecular weight excluding hydrogens is 350 g/mol. The van der Waals surface area contributed by atoms with Gasteiger partial charge in [0.1, 0.15) is 11.9 Å². The summed E-state index contributed by atoms with van der Waals surface area (Å²) in [6, 6.07) is 5.05. The van der Waals surface area contributed by atoms with Crippen LogP contribution in [0.25, 0.3) is 0 Å². The van der Waals surface area contributed by atoms with Crippen LogP contribution in [-0.4, -0.2) is 27.9 Å². The van der Waals surface area contributed by atoms with E-state index in [-0.39, 0.29) is 52.2 Å². The highest BCUT2D eigenvalue weighted by molar-refractivity contribution is 9.09. The first kappa shape index (κ1) is 14.1. The molecule has 22 heavy (non-hydrogen) atoms. The Kier molecular flexibility index (Phi) is 3.01. The predicted octanol–water partition coefficient (Wildman–Crippen LogP) is 2.21. The number of rotatable bonds is 2. The molecule has 2 saturated carbocycles. The number of nitrogens with one attached hydrogen (secondary N) is 1. The molecule has 1 heterocycles. The molecular formula is C16H16BrNO4. The van der Waals surface area contributed by atoms with Gasteiger partial charge >= 0.3 is 5.97 Å². The SMILES string of the molecule is Cc1ccc(O)c(NC(=O)[C@@H]2[C@H]3C[C@H]4[C@H](OC(=O)[C@H]42)[C@H]3Br)c1. The molecule has 2 aliphatic carbocycles. The number of phenols is 1. The monoisotopic (exact) mass is 365 g/mol. The number of halogens is 1. The topological polar surface area (TPSA) is 75.6 Å². The van der Waals surface area contributed by atoms with Crippen LogP contribution in [0.1, 0.15) is 12.0 Å². The van der Waals surface area contributed by atoms with E-state index in [1.54, 1.807) is 18.2 Å². The van der Waals surface area contributed by atoms with Gasteiger partial charge < -0.3 is 15.2 Å². The Morgan fingerprint density at radius 1 is 1.41 bits per heavy atom. The summed E-state index contributed by atoms with van der Waals surface area (Å²) < 4.78 is 5.41. The van der Waals surface area contributed by atoms with Gasteiger partial charge in [0.25, 0.3) is 0 Å². The minimum Gasteiger partial charge on any atom is -0.506 e. The van der Waals surface area contributed by atoms with Crippen molar-refractivity contribution in [1.29, 1.82) is 0 Å². The zero-order valence-electron chi connectivity index (χ0n) is 12.0. The molecule has 5 nitrogen and oxygen atoms in total. The van der Waals surface area contributed by atoms with Crippen LogP contribution in [0, 0.1) is 30.6 Å². The number of anilines is 1. The lowest BCUT2D eigenvalue weighted by molar-refractivity contribution is -0.145. The van der Waals surface area contributed by atoms with Crippen molar-refractivity contribution < 1.29 is 19.4 Å². The van der Waals surface area contributed by atoms with E-state index >= 15 is 0 Å². The zero-order valence-corrected chi connectivity index (χ0v) is 13.5. The highest BCUT2D eigenvalue weighted by atomic mass is 79.9. The lowest BCUT2D eigenvalue weighted by Gasteiger charge is -2.27. The summed E-state index contributed by atoms with van der Waals surface area (Å²) in [7, 11) is 0. The fourth-order valence-corrected chi connectivity index (χ4v) is 5.34. The lowest BCUT2D eigenvalue weighted by Crippen LogP contribution is -2.40. The summed E-state index contributed by atoms with van der Waals surface area (Å²) in [4.78, 5) is 24.8. The van der Waals surface area contributed by atoms with Gasteiger partial charge in [-0.25, -0.2) is 0 Å². The molecule has 116 valence electrons. The molecule has 6 heteroatoms. The second-order valence-corrected chi connectivity index (χ2v) is 7.53. The number of alkyl halides is 1. The fourth-order valence-electron chi connectivity index (χ4n) is 4.30. The molecule has 0 spiro atoms. The molecule has 4 rings (SSSR count). The summed E-state index contributed by atoms with van der Waals surface area (Å²) in [6.45, 7) is 1.89. The molecule has 3 fully saturated rings. The third kappa shape index (κ3) is 1.82. The van der Waals surface area contributed by atoms with Crippen LogP contribution in [0.4, 0.5) is 5.69 Å². The van der Waals surface area contributed by atoms with Gasteiger partial charge in [0, 0.05) is 5.92 Å². The van der Waals surface area contributed by atoms with Crippen LogP contribution >= 0.6 is 15.9 Å². The number of hydrogen-bond acceptors (Lipinski definition) is 4. The molecule has 1 aliphatic heterocycles. The smallest absolute Gasteiger partial charge is 0.310 e. The van der Waals surface area contributed by atoms with Gasteiger partial charge in [-0.3, -0.25) is 9.59 Å². The maximum absolute atomic E-state index is 12.7. The Labute approximate surface area is 136 Å². The maximum Gasteiger partial charge on any atom is 0.310 e. The van der Waals surface area contributed by atoms with Crippen molar-refractivity contribution in [2.24, 2.45) is 23.7 Å². The second kappa shape index (κ2) is 4.72. The first-order chi connectivity index (χ1) is 10.5. The Hall–Kier alpha value is -1.56. The molecule has 2 bridgehead atoms. The predicted molar refractivity (Wildman–Crippen MR) is 82.6 cm³/mol. The number of aromatic hydroxyl groups is 1. The third-order valence-corrected chi connectivity index (χ3v) is 6.44. The van der Waals surface area contributed by atoms with Crippen LogP contribution in [0.2, 0.25) is 0 Å². The average molecular weight is 366 g/mol. The van der Waals surface area contributed by atoms with Crippen molar-refractivity contribution in [3.8, 4) is 5.75 Å². The number of amides is 1. The highest BCUT2D eigenvalue weighted by Gasteiger charge is 2.67. The Morgan fingerprint density at radius 3 is 2.95 bits per heavy atom. The van der Waals surface area contributed by atoms with Crippen LogP contribution in [0.5, 0.6) is 5.75 Å². The Morgan fingerprint density at radius 2 is 2.18 bits per heavy atom. The normalized spacial score (nSPS) is 38.2. The number of phenolic OH excluding ortho intramolecular Hbond substituents is 1. The van der Waals surface area contributed by atoms with Crippen molar-refractivity contribution in [2.75, 3.05) is 5.32 Å². The van der Waals surface area contributed by atoms with Crippen molar-refractivity contribution >= 4 is 33.5 Å². The van der Waals surface area contributed by atoms with Crippen molar-refractivity contribution in [3.63, 3.8) is 0 Å². The first-order valence-corrected chi connectivity index (χ1v) is 8.34. The van der Waals surface area contributed by atoms with E-state index in [4.69, 9.17) is 4.74 Å². The number of aryl methyl sites for hydroxylation is 1. The minimum atomic E-state index is -0.388. The minimum absolute atomic E-state index is 0.0318. The summed E-state index contributed by atoms with van der Waals surface area (Å²) in [6.07, 6.45) is 0.758. The maximum atomic E-state index is 12.7. The zero-order chi connectivity index (χ0) is 15.6. The van der Waals surface area contributed by atoms with E-state index in [1.165, 1.54) is 0 Å². The molecule has 0 unspecified atom stereocenters. The fraction of sp³-hybridized carbons (Fsp3) is 0.500. The number of fused-ring (bicyclic) bond motifs is 1. The van der Waals surface area contributed by atoms with Crippen LogP contribution < -0.4 is 5.32 Å². The highest BCUT2D eigenvalue weighted by Crippen LogP contribution is 2.60. The Bertz CT molecular complexity index is 676. The van der Waals surface area contributed by atoms with Crippen LogP contribution in [-0.2, 0) is 14.3 Å². The number of carbonyl (C=O) groups excluding carboxylic acids is 2. The molecule has 3 aliphatic rings. The lowest BCUT2D eigenvalue weighted by atomic mass is 9.79. The molecule has 0 aromatic heterocycles. The van der Waals surface area contributed by atoms with E-state index < -0.39 is 0 Å². The van der Waals surface area contributed by atoms with Gasteiger partial charge in [-0.2, -0.15) is 0 Å². The van der Waals surface area contributed by atoms with E-state index in [9.17, 15) is 14.7 Å². The van der Waals surface area contributed by atoms with Crippen LogP contribution in [0.15, 0.2) is 18.2 Å². The molecule has 1 aromatic rings. The number of ether oxygens (including phenoxy) is 1. The number of hydrogen-bond donors (Lipinski definition) is 2. The molecule has 1 saturated heterocycles. The van der Waals surface area contributed by atoms with E-state index in [0.717, 1.165) is 12.0 Å². The molecule has 1 amide bonds. The molecule has 2 N–H and O–H groups in total. The Balaban J connectivity index is 1.61. The molecule has 1 aromatic carbocycles. The number of esters is 1. The first-order valence-electron chi connectivity index (χ1n) is 7.42. The number of carbonyl (C=O) groups is 2. The van der Waals surface area contributed by atoms with Gasteiger partial charge in [0.2, 0.25) is 5.91 Å². The van der Waals surface area contributed by atoms with Gasteiger partial charge in [0.05, 0.1) is 22.4 Å². The van der Waals surface area contributed by atoms with Gasteiger partial charge in [-0.1, -0.05) is 22.0 Å². The van der Waals surface area contributed by atoms with E-state index in [1.807, 2.05) is 6.92 Å². The summed E-state index contributed by atoms with van der Waals surface area (Å²) >= 11 is 3.59.